The molecule has 3 heterocycles. The highest BCUT2D eigenvalue weighted by atomic mass is 19.4. The van der Waals surface area contributed by atoms with Crippen molar-refractivity contribution in [3.05, 3.63) is 119 Å². The normalized spacial score (nSPS) is 15.3. The van der Waals surface area contributed by atoms with Crippen molar-refractivity contribution < 1.29 is 31.9 Å². The SMILES string of the molecule is O=C(c1ccc(CN(Cc2ccccc2)Cc2ccc(C(F)(F)F)cc2)o1)N1CCN(Cc2ccc3c(c2)OCO3)CC1. The summed E-state index contributed by atoms with van der Waals surface area (Å²) in [5, 5.41) is 0. The number of hydrogen-bond acceptors (Lipinski definition) is 6. The third-order valence-corrected chi connectivity index (χ3v) is 7.69. The van der Waals surface area contributed by atoms with Gasteiger partial charge in [0.2, 0.25) is 6.79 Å². The van der Waals surface area contributed by atoms with Gasteiger partial charge in [-0.1, -0.05) is 48.5 Å². The predicted octanol–water partition coefficient (Wildman–Crippen LogP) is 6.19. The lowest BCUT2D eigenvalue weighted by molar-refractivity contribution is -0.137. The maximum atomic E-state index is 13.3. The fourth-order valence-corrected chi connectivity index (χ4v) is 5.43. The molecule has 6 rings (SSSR count). The van der Waals surface area contributed by atoms with Gasteiger partial charge in [0.15, 0.2) is 17.3 Å². The molecule has 4 aromatic rings. The van der Waals surface area contributed by atoms with Crippen molar-refractivity contribution in [2.45, 2.75) is 32.4 Å². The molecule has 7 nitrogen and oxygen atoms in total. The van der Waals surface area contributed by atoms with Crippen LogP contribution in [0.2, 0.25) is 0 Å². The lowest BCUT2D eigenvalue weighted by atomic mass is 10.1. The number of carbonyl (C=O) groups is 1. The van der Waals surface area contributed by atoms with Crippen molar-refractivity contribution in [1.82, 2.24) is 14.7 Å². The minimum Gasteiger partial charge on any atom is -0.455 e. The van der Waals surface area contributed by atoms with E-state index >= 15 is 0 Å². The second-order valence-corrected chi connectivity index (χ2v) is 10.8. The standard InChI is InChI=1S/C33H32F3N3O4/c34-33(35,36)27-9-6-25(7-10-27)20-38(19-24-4-2-1-3-5-24)22-28-11-13-30(43-28)32(40)39-16-14-37(15-17-39)21-26-8-12-29-31(18-26)42-23-41-29/h1-13,18H,14-17,19-23H2. The average molecular weight is 592 g/mol. The van der Waals surface area contributed by atoms with Crippen molar-refractivity contribution in [3.8, 4) is 11.5 Å². The molecule has 10 heteroatoms. The molecule has 0 saturated carbocycles. The average Bonchev–Trinajstić information content (AvgIpc) is 3.67. The Morgan fingerprint density at radius 2 is 1.42 bits per heavy atom. The molecule has 0 spiro atoms. The lowest BCUT2D eigenvalue weighted by Crippen LogP contribution is -2.48. The molecule has 0 radical (unpaired) electrons. The molecular formula is C33H32F3N3O4. The van der Waals surface area contributed by atoms with Gasteiger partial charge in [-0.15, -0.1) is 0 Å². The molecule has 3 aromatic carbocycles. The van der Waals surface area contributed by atoms with E-state index in [1.54, 1.807) is 12.1 Å². The van der Waals surface area contributed by atoms with Crippen molar-refractivity contribution in [1.29, 1.82) is 0 Å². The molecular weight excluding hydrogens is 559 g/mol. The van der Waals surface area contributed by atoms with Crippen LogP contribution in [0.5, 0.6) is 11.5 Å². The van der Waals surface area contributed by atoms with Gasteiger partial charge in [-0.2, -0.15) is 13.2 Å². The van der Waals surface area contributed by atoms with E-state index in [9.17, 15) is 18.0 Å². The number of benzene rings is 3. The summed E-state index contributed by atoms with van der Waals surface area (Å²) in [5.74, 6) is 2.29. The molecule has 1 saturated heterocycles. The van der Waals surface area contributed by atoms with Gasteiger partial charge in [-0.3, -0.25) is 14.6 Å². The van der Waals surface area contributed by atoms with E-state index in [1.165, 1.54) is 12.1 Å². The predicted molar refractivity (Wildman–Crippen MR) is 153 cm³/mol. The van der Waals surface area contributed by atoms with Gasteiger partial charge >= 0.3 is 6.18 Å². The molecule has 2 aliphatic heterocycles. The summed E-state index contributed by atoms with van der Waals surface area (Å²) in [7, 11) is 0. The highest BCUT2D eigenvalue weighted by Crippen LogP contribution is 2.33. The number of nitrogens with zero attached hydrogens (tertiary/aromatic N) is 3. The molecule has 1 aromatic heterocycles. The summed E-state index contributed by atoms with van der Waals surface area (Å²) in [5.41, 5.74) is 2.28. The van der Waals surface area contributed by atoms with Crippen LogP contribution in [0.15, 0.2) is 89.3 Å². The Labute approximate surface area is 248 Å². The third-order valence-electron chi connectivity index (χ3n) is 7.69. The summed E-state index contributed by atoms with van der Waals surface area (Å²) >= 11 is 0. The van der Waals surface area contributed by atoms with Crippen molar-refractivity contribution >= 4 is 5.91 Å². The monoisotopic (exact) mass is 591 g/mol. The molecule has 1 fully saturated rings. The first kappa shape index (κ1) is 28.8. The van der Waals surface area contributed by atoms with Crippen molar-refractivity contribution in [2.75, 3.05) is 33.0 Å². The Bertz CT molecular complexity index is 1530. The van der Waals surface area contributed by atoms with E-state index in [-0.39, 0.29) is 18.5 Å². The van der Waals surface area contributed by atoms with Crippen LogP contribution in [0.3, 0.4) is 0 Å². The van der Waals surface area contributed by atoms with Crippen LogP contribution in [0.4, 0.5) is 13.2 Å². The van der Waals surface area contributed by atoms with Crippen LogP contribution in [-0.2, 0) is 32.4 Å². The number of furan rings is 1. The Morgan fingerprint density at radius 1 is 0.744 bits per heavy atom. The number of piperazine rings is 1. The summed E-state index contributed by atoms with van der Waals surface area (Å²) in [6.07, 6.45) is -4.38. The number of alkyl halides is 3. The zero-order valence-corrected chi connectivity index (χ0v) is 23.6. The third kappa shape index (κ3) is 7.21. The van der Waals surface area contributed by atoms with Crippen LogP contribution in [0.25, 0.3) is 0 Å². The molecule has 43 heavy (non-hydrogen) atoms. The van der Waals surface area contributed by atoms with E-state index in [2.05, 4.69) is 9.80 Å². The summed E-state index contributed by atoms with van der Waals surface area (Å²) in [4.78, 5) is 19.5. The van der Waals surface area contributed by atoms with Crippen LogP contribution in [0, 0.1) is 0 Å². The number of halogens is 3. The second-order valence-electron chi connectivity index (χ2n) is 10.8. The van der Waals surface area contributed by atoms with Gasteiger partial charge in [-0.05, 0) is 53.1 Å². The number of ether oxygens (including phenoxy) is 2. The van der Waals surface area contributed by atoms with Crippen LogP contribution < -0.4 is 9.47 Å². The minimum atomic E-state index is -4.38. The highest BCUT2D eigenvalue weighted by molar-refractivity contribution is 5.91. The second kappa shape index (κ2) is 12.5. The molecule has 224 valence electrons. The largest absolute Gasteiger partial charge is 0.455 e. The van der Waals surface area contributed by atoms with Crippen LogP contribution >= 0.6 is 0 Å². The summed E-state index contributed by atoms with van der Waals surface area (Å²) < 4.78 is 56.0. The Morgan fingerprint density at radius 3 is 2.14 bits per heavy atom. The van der Waals surface area contributed by atoms with E-state index in [1.807, 2.05) is 53.4 Å². The zero-order chi connectivity index (χ0) is 29.8. The molecule has 0 unspecified atom stereocenters. The molecule has 0 aliphatic carbocycles. The van der Waals surface area contributed by atoms with E-state index in [0.29, 0.717) is 38.5 Å². The number of fused-ring (bicyclic) bond motifs is 1. The topological polar surface area (TPSA) is 58.4 Å². The Balaban J connectivity index is 1.06. The minimum absolute atomic E-state index is 0.147. The number of hydrogen-bond donors (Lipinski definition) is 0. The number of carbonyl (C=O) groups excluding carboxylic acids is 1. The van der Waals surface area contributed by atoms with Gasteiger partial charge in [-0.25, -0.2) is 0 Å². The highest BCUT2D eigenvalue weighted by Gasteiger charge is 2.30. The van der Waals surface area contributed by atoms with Crippen molar-refractivity contribution in [3.63, 3.8) is 0 Å². The maximum absolute atomic E-state index is 13.3. The molecule has 2 aliphatic rings. The molecule has 1 amide bonds. The van der Waals surface area contributed by atoms with Gasteiger partial charge in [0.1, 0.15) is 5.76 Å². The fourth-order valence-electron chi connectivity index (χ4n) is 5.43. The van der Waals surface area contributed by atoms with Gasteiger partial charge in [0.05, 0.1) is 12.1 Å². The van der Waals surface area contributed by atoms with Gasteiger partial charge in [0.25, 0.3) is 5.91 Å². The van der Waals surface area contributed by atoms with Gasteiger partial charge in [0, 0.05) is 45.8 Å². The van der Waals surface area contributed by atoms with Crippen LogP contribution in [0.1, 0.15) is 38.6 Å². The summed E-state index contributed by atoms with van der Waals surface area (Å²) in [6.45, 7) is 5.06. The van der Waals surface area contributed by atoms with Crippen LogP contribution in [-0.4, -0.2) is 53.6 Å². The van der Waals surface area contributed by atoms with E-state index in [4.69, 9.17) is 13.9 Å². The molecule has 0 bridgehead atoms. The Kier molecular flexibility index (Phi) is 8.40. The smallest absolute Gasteiger partial charge is 0.416 e. The fraction of sp³-hybridized carbons (Fsp3) is 0.303. The first-order valence-corrected chi connectivity index (χ1v) is 14.2. The van der Waals surface area contributed by atoms with E-state index < -0.39 is 11.7 Å². The van der Waals surface area contributed by atoms with Gasteiger partial charge < -0.3 is 18.8 Å². The first-order valence-electron chi connectivity index (χ1n) is 14.2. The molecule has 0 atom stereocenters. The zero-order valence-electron chi connectivity index (χ0n) is 23.6. The quantitative estimate of drug-likeness (QED) is 0.232. The first-order chi connectivity index (χ1) is 20.8. The number of amides is 1. The lowest BCUT2D eigenvalue weighted by Gasteiger charge is -2.34. The van der Waals surface area contributed by atoms with Crippen molar-refractivity contribution in [2.24, 2.45) is 0 Å². The number of rotatable bonds is 9. The Hall–Kier alpha value is -4.28. The van der Waals surface area contributed by atoms with E-state index in [0.717, 1.165) is 60.0 Å². The maximum Gasteiger partial charge on any atom is 0.416 e. The summed E-state index contributed by atoms with van der Waals surface area (Å²) in [6, 6.07) is 24.5. The molecule has 0 N–H and O–H groups in total.